The maximum atomic E-state index is 11.9. The standard InChI is InChI=1S/C14H27N3O2/c1-10(2)11(6-8-15)4-5-13(18)16-12-7-9-17(3)14(12)19/h10-12H,4-9,15H2,1-3H3,(H,16,18). The highest BCUT2D eigenvalue weighted by Crippen LogP contribution is 2.20. The molecule has 1 aliphatic rings. The Balaban J connectivity index is 2.33. The summed E-state index contributed by atoms with van der Waals surface area (Å²) in [6, 6.07) is -0.315. The van der Waals surface area contributed by atoms with Crippen molar-refractivity contribution in [2.75, 3.05) is 20.1 Å². The van der Waals surface area contributed by atoms with Gasteiger partial charge in [0.1, 0.15) is 6.04 Å². The summed E-state index contributed by atoms with van der Waals surface area (Å²) in [6.07, 6.45) is 3.00. The minimum atomic E-state index is -0.315. The normalized spacial score (nSPS) is 21.0. The number of nitrogens with two attached hydrogens (primary N) is 1. The van der Waals surface area contributed by atoms with E-state index in [1.807, 2.05) is 0 Å². The fourth-order valence-electron chi connectivity index (χ4n) is 2.56. The molecule has 110 valence electrons. The molecule has 0 aromatic carbocycles. The van der Waals surface area contributed by atoms with Gasteiger partial charge in [-0.05, 0) is 37.6 Å². The Morgan fingerprint density at radius 3 is 2.63 bits per heavy atom. The molecule has 0 aromatic heterocycles. The largest absolute Gasteiger partial charge is 0.344 e. The molecule has 2 unspecified atom stereocenters. The molecule has 1 saturated heterocycles. The number of likely N-dealkylation sites (N-methyl/N-ethyl adjacent to an activating group) is 1. The minimum Gasteiger partial charge on any atom is -0.344 e. The predicted octanol–water partition coefficient (Wildman–Crippen LogP) is 0.735. The molecule has 19 heavy (non-hydrogen) atoms. The van der Waals surface area contributed by atoms with E-state index in [0.29, 0.717) is 24.8 Å². The van der Waals surface area contributed by atoms with Gasteiger partial charge < -0.3 is 16.0 Å². The van der Waals surface area contributed by atoms with Gasteiger partial charge in [0.2, 0.25) is 11.8 Å². The molecule has 5 heteroatoms. The van der Waals surface area contributed by atoms with Crippen molar-refractivity contribution < 1.29 is 9.59 Å². The smallest absolute Gasteiger partial charge is 0.244 e. The molecule has 2 amide bonds. The van der Waals surface area contributed by atoms with Crippen LogP contribution in [0.4, 0.5) is 0 Å². The van der Waals surface area contributed by atoms with E-state index < -0.39 is 0 Å². The maximum Gasteiger partial charge on any atom is 0.244 e. The fourth-order valence-corrected chi connectivity index (χ4v) is 2.56. The van der Waals surface area contributed by atoms with Crippen molar-refractivity contribution in [1.82, 2.24) is 10.2 Å². The van der Waals surface area contributed by atoms with E-state index in [2.05, 4.69) is 19.2 Å². The van der Waals surface area contributed by atoms with Gasteiger partial charge in [-0.3, -0.25) is 9.59 Å². The van der Waals surface area contributed by atoms with E-state index in [0.717, 1.165) is 25.8 Å². The predicted molar refractivity (Wildman–Crippen MR) is 75.4 cm³/mol. The van der Waals surface area contributed by atoms with Gasteiger partial charge in [0.05, 0.1) is 0 Å². The Morgan fingerprint density at radius 2 is 2.16 bits per heavy atom. The van der Waals surface area contributed by atoms with Crippen molar-refractivity contribution in [3.8, 4) is 0 Å². The van der Waals surface area contributed by atoms with Gasteiger partial charge in [0.15, 0.2) is 0 Å². The molecular weight excluding hydrogens is 242 g/mol. The molecule has 0 bridgehead atoms. The summed E-state index contributed by atoms with van der Waals surface area (Å²) in [5.74, 6) is 1.03. The lowest BCUT2D eigenvalue weighted by Crippen LogP contribution is -2.40. The van der Waals surface area contributed by atoms with Crippen molar-refractivity contribution in [2.45, 2.75) is 45.6 Å². The average molecular weight is 269 g/mol. The van der Waals surface area contributed by atoms with Crippen LogP contribution in [0.3, 0.4) is 0 Å². The lowest BCUT2D eigenvalue weighted by molar-refractivity contribution is -0.131. The van der Waals surface area contributed by atoms with Crippen molar-refractivity contribution in [2.24, 2.45) is 17.6 Å². The molecule has 1 rings (SSSR count). The van der Waals surface area contributed by atoms with Gasteiger partial charge in [-0.2, -0.15) is 0 Å². The Hall–Kier alpha value is -1.10. The van der Waals surface area contributed by atoms with Crippen molar-refractivity contribution in [3.05, 3.63) is 0 Å². The van der Waals surface area contributed by atoms with E-state index in [4.69, 9.17) is 5.73 Å². The Labute approximate surface area is 115 Å². The van der Waals surface area contributed by atoms with E-state index in [1.54, 1.807) is 11.9 Å². The van der Waals surface area contributed by atoms with Crippen LogP contribution in [0.2, 0.25) is 0 Å². The van der Waals surface area contributed by atoms with Gasteiger partial charge in [0.25, 0.3) is 0 Å². The van der Waals surface area contributed by atoms with E-state index >= 15 is 0 Å². The summed E-state index contributed by atoms with van der Waals surface area (Å²) in [5.41, 5.74) is 5.59. The first kappa shape index (κ1) is 16.0. The van der Waals surface area contributed by atoms with Crippen molar-refractivity contribution in [1.29, 1.82) is 0 Å². The van der Waals surface area contributed by atoms with Gasteiger partial charge in [-0.1, -0.05) is 13.8 Å². The Morgan fingerprint density at radius 1 is 1.47 bits per heavy atom. The summed E-state index contributed by atoms with van der Waals surface area (Å²) >= 11 is 0. The van der Waals surface area contributed by atoms with Crippen LogP contribution in [0.5, 0.6) is 0 Å². The highest BCUT2D eigenvalue weighted by Gasteiger charge is 2.30. The number of nitrogens with zero attached hydrogens (tertiary/aromatic N) is 1. The molecule has 0 saturated carbocycles. The lowest BCUT2D eigenvalue weighted by atomic mass is 9.88. The van der Waals surface area contributed by atoms with Gasteiger partial charge >= 0.3 is 0 Å². The molecule has 1 aliphatic heterocycles. The Bertz CT molecular complexity index is 318. The first-order chi connectivity index (χ1) is 8.95. The summed E-state index contributed by atoms with van der Waals surface area (Å²) < 4.78 is 0. The van der Waals surface area contributed by atoms with Gasteiger partial charge in [0, 0.05) is 20.0 Å². The lowest BCUT2D eigenvalue weighted by Gasteiger charge is -2.20. The number of amides is 2. The quantitative estimate of drug-likeness (QED) is 0.715. The highest BCUT2D eigenvalue weighted by molar-refractivity contribution is 5.88. The second-order valence-corrected chi connectivity index (χ2v) is 5.79. The van der Waals surface area contributed by atoms with Crippen LogP contribution >= 0.6 is 0 Å². The number of nitrogens with one attached hydrogen (secondary N) is 1. The Kier molecular flexibility index (Phi) is 6.28. The molecule has 0 aliphatic carbocycles. The van der Waals surface area contributed by atoms with Crippen molar-refractivity contribution >= 4 is 11.8 Å². The third-order valence-corrected chi connectivity index (χ3v) is 3.99. The summed E-state index contributed by atoms with van der Waals surface area (Å²) in [5, 5.41) is 2.83. The van der Waals surface area contributed by atoms with Crippen LogP contribution < -0.4 is 11.1 Å². The SMILES string of the molecule is CC(C)C(CCN)CCC(=O)NC1CCN(C)C1=O. The molecule has 0 radical (unpaired) electrons. The molecular formula is C14H27N3O2. The molecule has 0 aromatic rings. The van der Waals surface area contributed by atoms with E-state index in [-0.39, 0.29) is 17.9 Å². The minimum absolute atomic E-state index is 0.0173. The maximum absolute atomic E-state index is 11.9. The van der Waals surface area contributed by atoms with Gasteiger partial charge in [-0.15, -0.1) is 0 Å². The van der Waals surface area contributed by atoms with E-state index in [9.17, 15) is 9.59 Å². The first-order valence-electron chi connectivity index (χ1n) is 7.20. The van der Waals surface area contributed by atoms with Crippen LogP contribution in [0.1, 0.15) is 39.5 Å². The number of rotatable bonds is 7. The second-order valence-electron chi connectivity index (χ2n) is 5.79. The number of likely N-dealkylation sites (tertiary alicyclic amines) is 1. The number of carbonyl (C=O) groups excluding carboxylic acids is 2. The molecule has 2 atom stereocenters. The zero-order valence-electron chi connectivity index (χ0n) is 12.3. The fraction of sp³-hybridized carbons (Fsp3) is 0.857. The van der Waals surface area contributed by atoms with Crippen LogP contribution in [-0.2, 0) is 9.59 Å². The monoisotopic (exact) mass is 269 g/mol. The number of carbonyl (C=O) groups is 2. The molecule has 1 heterocycles. The topological polar surface area (TPSA) is 75.4 Å². The summed E-state index contributed by atoms with van der Waals surface area (Å²) in [4.78, 5) is 25.2. The van der Waals surface area contributed by atoms with Crippen LogP contribution in [0.15, 0.2) is 0 Å². The van der Waals surface area contributed by atoms with Crippen LogP contribution in [0.25, 0.3) is 0 Å². The number of hydrogen-bond donors (Lipinski definition) is 2. The number of hydrogen-bond acceptors (Lipinski definition) is 3. The summed E-state index contributed by atoms with van der Waals surface area (Å²) in [7, 11) is 1.77. The van der Waals surface area contributed by atoms with E-state index in [1.165, 1.54) is 0 Å². The first-order valence-corrected chi connectivity index (χ1v) is 7.20. The summed E-state index contributed by atoms with van der Waals surface area (Å²) in [6.45, 7) is 5.71. The third-order valence-electron chi connectivity index (χ3n) is 3.99. The van der Waals surface area contributed by atoms with Crippen molar-refractivity contribution in [3.63, 3.8) is 0 Å². The molecule has 1 fully saturated rings. The molecule has 5 nitrogen and oxygen atoms in total. The van der Waals surface area contributed by atoms with Crippen LogP contribution in [0, 0.1) is 11.8 Å². The van der Waals surface area contributed by atoms with Gasteiger partial charge in [-0.25, -0.2) is 0 Å². The highest BCUT2D eigenvalue weighted by atomic mass is 16.2. The second kappa shape index (κ2) is 7.48. The zero-order valence-corrected chi connectivity index (χ0v) is 12.3. The zero-order chi connectivity index (χ0) is 14.4. The molecule has 3 N–H and O–H groups in total. The van der Waals surface area contributed by atoms with Crippen LogP contribution in [-0.4, -0.2) is 42.9 Å². The average Bonchev–Trinajstić information content (AvgIpc) is 2.66. The third kappa shape index (κ3) is 4.82. The molecule has 0 spiro atoms.